The highest BCUT2D eigenvalue weighted by atomic mass is 35.5. The van der Waals surface area contributed by atoms with E-state index >= 15 is 0 Å². The summed E-state index contributed by atoms with van der Waals surface area (Å²) in [5.41, 5.74) is 4.45. The molecule has 1 aliphatic heterocycles. The average Bonchev–Trinajstić information content (AvgIpc) is 2.89. The summed E-state index contributed by atoms with van der Waals surface area (Å²) in [5, 5.41) is 4.62. The lowest BCUT2D eigenvalue weighted by Crippen LogP contribution is -2.49. The van der Waals surface area contributed by atoms with E-state index in [2.05, 4.69) is 10.7 Å². The van der Waals surface area contributed by atoms with Gasteiger partial charge in [0.15, 0.2) is 5.11 Å². The molecule has 9 heteroatoms. The minimum Gasteiger partial charge on any atom is -0.326 e. The van der Waals surface area contributed by atoms with Crippen molar-refractivity contribution < 1.29 is 14.4 Å². The zero-order valence-corrected chi connectivity index (χ0v) is 17.4. The van der Waals surface area contributed by atoms with Gasteiger partial charge in [-0.3, -0.25) is 24.7 Å². The Labute approximate surface area is 178 Å². The molecule has 1 atom stereocenters. The van der Waals surface area contributed by atoms with Crippen LogP contribution in [-0.2, 0) is 9.59 Å². The van der Waals surface area contributed by atoms with Gasteiger partial charge in [0.1, 0.15) is 6.04 Å². The molecule has 2 aromatic rings. The molecule has 3 amide bonds. The van der Waals surface area contributed by atoms with E-state index in [1.54, 1.807) is 48.5 Å². The van der Waals surface area contributed by atoms with Crippen molar-refractivity contribution >= 4 is 52.3 Å². The first kappa shape index (κ1) is 20.8. The summed E-state index contributed by atoms with van der Waals surface area (Å²) >= 11 is 11.3. The van der Waals surface area contributed by atoms with Gasteiger partial charge in [0.2, 0.25) is 5.91 Å². The van der Waals surface area contributed by atoms with Crippen LogP contribution in [0.15, 0.2) is 48.5 Å². The molecule has 1 fully saturated rings. The second kappa shape index (κ2) is 8.59. The Morgan fingerprint density at radius 3 is 2.52 bits per heavy atom. The highest BCUT2D eigenvalue weighted by Crippen LogP contribution is 2.22. The number of carbonyl (C=O) groups excluding carboxylic acids is 3. The first-order chi connectivity index (χ1) is 13.8. The SMILES string of the molecule is Cc1ccc(NC(=O)CC2C(=O)N(C)C(=S)N2NC(=O)c2ccccc2)cc1Cl. The first-order valence-corrected chi connectivity index (χ1v) is 9.59. The molecule has 1 unspecified atom stereocenters. The molecule has 7 nitrogen and oxygen atoms in total. The second-order valence-electron chi connectivity index (χ2n) is 6.59. The molecule has 3 rings (SSSR count). The van der Waals surface area contributed by atoms with E-state index in [4.69, 9.17) is 23.8 Å². The molecule has 0 bridgehead atoms. The summed E-state index contributed by atoms with van der Waals surface area (Å²) in [4.78, 5) is 38.8. The van der Waals surface area contributed by atoms with Gasteiger partial charge in [-0.05, 0) is 49.0 Å². The number of nitrogens with zero attached hydrogens (tertiary/aromatic N) is 2. The van der Waals surface area contributed by atoms with E-state index in [1.165, 1.54) is 17.0 Å². The number of thiocarbonyl (C=S) groups is 1. The van der Waals surface area contributed by atoms with E-state index in [1.807, 2.05) is 6.92 Å². The Kier molecular flexibility index (Phi) is 6.14. The Hall–Kier alpha value is -2.97. The van der Waals surface area contributed by atoms with Crippen molar-refractivity contribution in [1.29, 1.82) is 0 Å². The fourth-order valence-electron chi connectivity index (χ4n) is 2.85. The van der Waals surface area contributed by atoms with Crippen molar-refractivity contribution in [3.63, 3.8) is 0 Å². The molecular formula is C20H19ClN4O3S. The maximum absolute atomic E-state index is 12.6. The standard InChI is InChI=1S/C20H19ClN4O3S/c1-12-8-9-14(10-15(12)21)22-17(26)11-16-19(28)24(2)20(29)25(16)23-18(27)13-6-4-3-5-7-13/h3-10,16H,11H2,1-2H3,(H,22,26)(H,23,27). The molecule has 0 spiro atoms. The van der Waals surface area contributed by atoms with Gasteiger partial charge in [-0.1, -0.05) is 35.9 Å². The number of rotatable bonds is 5. The highest BCUT2D eigenvalue weighted by Gasteiger charge is 2.42. The van der Waals surface area contributed by atoms with Gasteiger partial charge in [0.25, 0.3) is 11.8 Å². The number of halogens is 1. The lowest BCUT2D eigenvalue weighted by atomic mass is 10.1. The Morgan fingerprint density at radius 1 is 1.17 bits per heavy atom. The van der Waals surface area contributed by atoms with Crippen molar-refractivity contribution in [3.8, 4) is 0 Å². The molecule has 2 N–H and O–H groups in total. The molecule has 0 saturated carbocycles. The van der Waals surface area contributed by atoms with Gasteiger partial charge in [-0.25, -0.2) is 5.01 Å². The lowest BCUT2D eigenvalue weighted by molar-refractivity contribution is -0.130. The second-order valence-corrected chi connectivity index (χ2v) is 7.36. The van der Waals surface area contributed by atoms with Crippen LogP contribution in [-0.4, -0.2) is 45.8 Å². The minimum absolute atomic E-state index is 0.121. The van der Waals surface area contributed by atoms with Crippen molar-refractivity contribution in [1.82, 2.24) is 15.3 Å². The third-order valence-electron chi connectivity index (χ3n) is 4.51. The fraction of sp³-hybridized carbons (Fsp3) is 0.200. The van der Waals surface area contributed by atoms with Gasteiger partial charge < -0.3 is 5.32 Å². The van der Waals surface area contributed by atoms with Crippen LogP contribution >= 0.6 is 23.8 Å². The zero-order chi connectivity index (χ0) is 21.1. The van der Waals surface area contributed by atoms with Gasteiger partial charge in [0.05, 0.1) is 6.42 Å². The smallest absolute Gasteiger partial charge is 0.269 e. The Bertz CT molecular complexity index is 983. The third-order valence-corrected chi connectivity index (χ3v) is 5.39. The highest BCUT2D eigenvalue weighted by molar-refractivity contribution is 7.80. The van der Waals surface area contributed by atoms with Crippen LogP contribution in [0, 0.1) is 6.92 Å². The fourth-order valence-corrected chi connectivity index (χ4v) is 3.29. The molecule has 1 aliphatic rings. The van der Waals surface area contributed by atoms with Crippen LogP contribution in [0.2, 0.25) is 5.02 Å². The molecule has 1 heterocycles. The van der Waals surface area contributed by atoms with Crippen LogP contribution in [0.4, 0.5) is 5.69 Å². The van der Waals surface area contributed by atoms with Crippen molar-refractivity contribution in [2.45, 2.75) is 19.4 Å². The normalized spacial score (nSPS) is 16.2. The van der Waals surface area contributed by atoms with Crippen molar-refractivity contribution in [2.24, 2.45) is 0 Å². The molecule has 2 aromatic carbocycles. The summed E-state index contributed by atoms with van der Waals surface area (Å²) in [5.74, 6) is -1.20. The molecule has 0 aromatic heterocycles. The molecular weight excluding hydrogens is 412 g/mol. The topological polar surface area (TPSA) is 81.8 Å². The third kappa shape index (κ3) is 4.55. The van der Waals surface area contributed by atoms with Gasteiger partial charge >= 0.3 is 0 Å². The predicted octanol–water partition coefficient (Wildman–Crippen LogP) is 2.75. The molecule has 29 heavy (non-hydrogen) atoms. The number of likely N-dealkylation sites (N-methyl/N-ethyl adjacent to an activating group) is 1. The van der Waals surface area contributed by atoms with Gasteiger partial charge in [0, 0.05) is 23.3 Å². The molecule has 0 aliphatic carbocycles. The van der Waals surface area contributed by atoms with Crippen LogP contribution in [0.3, 0.4) is 0 Å². The maximum Gasteiger partial charge on any atom is 0.269 e. The number of nitrogens with one attached hydrogen (secondary N) is 2. The van der Waals surface area contributed by atoms with Crippen molar-refractivity contribution in [2.75, 3.05) is 12.4 Å². The summed E-state index contributed by atoms with van der Waals surface area (Å²) in [6.45, 7) is 1.86. The van der Waals surface area contributed by atoms with E-state index in [9.17, 15) is 14.4 Å². The number of hydrogen-bond donors (Lipinski definition) is 2. The maximum atomic E-state index is 12.6. The number of anilines is 1. The van der Waals surface area contributed by atoms with Crippen LogP contribution in [0.25, 0.3) is 0 Å². The van der Waals surface area contributed by atoms with E-state index < -0.39 is 17.9 Å². The number of hydrogen-bond acceptors (Lipinski definition) is 4. The molecule has 150 valence electrons. The number of amides is 3. The Balaban J connectivity index is 1.73. The molecule has 1 saturated heterocycles. The van der Waals surface area contributed by atoms with E-state index in [-0.39, 0.29) is 17.4 Å². The van der Waals surface area contributed by atoms with Gasteiger partial charge in [-0.2, -0.15) is 0 Å². The number of aryl methyl sites for hydroxylation is 1. The summed E-state index contributed by atoms with van der Waals surface area (Å²) < 4.78 is 0. The van der Waals surface area contributed by atoms with E-state index in [0.717, 1.165) is 5.56 Å². The summed E-state index contributed by atoms with van der Waals surface area (Å²) in [7, 11) is 1.50. The van der Waals surface area contributed by atoms with E-state index in [0.29, 0.717) is 16.3 Å². The quantitative estimate of drug-likeness (QED) is 0.713. The van der Waals surface area contributed by atoms with Crippen LogP contribution < -0.4 is 10.7 Å². The largest absolute Gasteiger partial charge is 0.326 e. The van der Waals surface area contributed by atoms with Crippen molar-refractivity contribution in [3.05, 3.63) is 64.7 Å². The predicted molar refractivity (Wildman–Crippen MR) is 114 cm³/mol. The number of benzene rings is 2. The summed E-state index contributed by atoms with van der Waals surface area (Å²) in [6.07, 6.45) is -0.191. The monoisotopic (exact) mass is 430 g/mol. The lowest BCUT2D eigenvalue weighted by Gasteiger charge is -2.24. The molecule has 0 radical (unpaired) electrons. The Morgan fingerprint density at radius 2 is 1.86 bits per heavy atom. The van der Waals surface area contributed by atoms with Crippen LogP contribution in [0.1, 0.15) is 22.3 Å². The average molecular weight is 431 g/mol. The first-order valence-electron chi connectivity index (χ1n) is 8.80. The van der Waals surface area contributed by atoms with Gasteiger partial charge in [-0.15, -0.1) is 0 Å². The van der Waals surface area contributed by atoms with Crippen LogP contribution in [0.5, 0.6) is 0 Å². The number of hydrazine groups is 1. The minimum atomic E-state index is -0.943. The number of carbonyl (C=O) groups is 3. The summed E-state index contributed by atoms with van der Waals surface area (Å²) in [6, 6.07) is 12.7. The zero-order valence-electron chi connectivity index (χ0n) is 15.8.